The first-order valence-electron chi connectivity index (χ1n) is 7.32. The molecule has 3 N–H and O–H groups in total. The first-order valence-corrected chi connectivity index (χ1v) is 7.32. The van der Waals surface area contributed by atoms with Crippen LogP contribution >= 0.6 is 24.0 Å². The fraction of sp³-hybridized carbons (Fsp3) is 0.929. The SMILES string of the molecule is CCNC(=NCC1(CCO)CCOC1)NCC(C)C.I. The van der Waals surface area contributed by atoms with Crippen molar-refractivity contribution in [3.05, 3.63) is 0 Å². The van der Waals surface area contributed by atoms with Gasteiger partial charge >= 0.3 is 0 Å². The quantitative estimate of drug-likeness (QED) is 0.346. The number of nitrogens with one attached hydrogen (secondary N) is 2. The monoisotopic (exact) mass is 399 g/mol. The predicted molar refractivity (Wildman–Crippen MR) is 93.8 cm³/mol. The fourth-order valence-electron chi connectivity index (χ4n) is 2.18. The second-order valence-electron chi connectivity index (χ2n) is 5.75. The van der Waals surface area contributed by atoms with Gasteiger partial charge in [-0.15, -0.1) is 24.0 Å². The summed E-state index contributed by atoms with van der Waals surface area (Å²) in [5, 5.41) is 15.8. The third-order valence-corrected chi connectivity index (χ3v) is 3.42. The normalized spacial score (nSPS) is 22.8. The topological polar surface area (TPSA) is 65.9 Å². The second kappa shape index (κ2) is 10.6. The third kappa shape index (κ3) is 7.08. The van der Waals surface area contributed by atoms with Crippen LogP contribution in [-0.4, -0.2) is 50.5 Å². The molecular weight excluding hydrogens is 369 g/mol. The minimum atomic E-state index is 0. The maximum Gasteiger partial charge on any atom is 0.191 e. The summed E-state index contributed by atoms with van der Waals surface area (Å²) in [5.41, 5.74) is 0.0228. The molecule has 0 aromatic rings. The van der Waals surface area contributed by atoms with E-state index in [1.165, 1.54) is 0 Å². The molecule has 1 heterocycles. The van der Waals surface area contributed by atoms with Gasteiger partial charge in [-0.25, -0.2) is 0 Å². The molecule has 20 heavy (non-hydrogen) atoms. The van der Waals surface area contributed by atoms with Crippen LogP contribution in [0.3, 0.4) is 0 Å². The van der Waals surface area contributed by atoms with E-state index < -0.39 is 0 Å². The average Bonchev–Trinajstić information content (AvgIpc) is 2.82. The molecule has 0 aromatic heterocycles. The Morgan fingerprint density at radius 1 is 1.40 bits per heavy atom. The van der Waals surface area contributed by atoms with Crippen molar-refractivity contribution in [2.24, 2.45) is 16.3 Å². The molecular formula is C14H30IN3O2. The van der Waals surface area contributed by atoms with Crippen LogP contribution in [0.25, 0.3) is 0 Å². The van der Waals surface area contributed by atoms with Crippen molar-refractivity contribution < 1.29 is 9.84 Å². The highest BCUT2D eigenvalue weighted by Crippen LogP contribution is 2.32. The van der Waals surface area contributed by atoms with Crippen molar-refractivity contribution in [2.45, 2.75) is 33.6 Å². The van der Waals surface area contributed by atoms with Crippen LogP contribution in [-0.2, 0) is 4.74 Å². The van der Waals surface area contributed by atoms with Crippen molar-refractivity contribution in [3.8, 4) is 0 Å². The zero-order valence-electron chi connectivity index (χ0n) is 12.9. The van der Waals surface area contributed by atoms with Crippen molar-refractivity contribution >= 4 is 29.9 Å². The maximum absolute atomic E-state index is 9.20. The molecule has 1 rings (SSSR count). The number of hydrogen-bond donors (Lipinski definition) is 3. The highest BCUT2D eigenvalue weighted by atomic mass is 127. The molecule has 0 amide bonds. The van der Waals surface area contributed by atoms with E-state index in [1.54, 1.807) is 0 Å². The largest absolute Gasteiger partial charge is 0.396 e. The highest BCUT2D eigenvalue weighted by Gasteiger charge is 2.34. The van der Waals surface area contributed by atoms with Crippen LogP contribution in [0.15, 0.2) is 4.99 Å². The van der Waals surface area contributed by atoms with Gasteiger partial charge in [-0.1, -0.05) is 13.8 Å². The van der Waals surface area contributed by atoms with Crippen LogP contribution < -0.4 is 10.6 Å². The number of halogens is 1. The van der Waals surface area contributed by atoms with E-state index in [2.05, 4.69) is 36.4 Å². The zero-order valence-corrected chi connectivity index (χ0v) is 15.3. The molecule has 6 heteroatoms. The van der Waals surface area contributed by atoms with Gasteiger partial charge in [0.05, 0.1) is 13.2 Å². The van der Waals surface area contributed by atoms with Crippen molar-refractivity contribution in [2.75, 3.05) is 39.5 Å². The van der Waals surface area contributed by atoms with Gasteiger partial charge in [-0.3, -0.25) is 4.99 Å². The van der Waals surface area contributed by atoms with Gasteiger partial charge in [0.2, 0.25) is 0 Å². The van der Waals surface area contributed by atoms with Crippen LogP contribution in [0.1, 0.15) is 33.6 Å². The molecule has 1 aliphatic rings. The molecule has 0 saturated carbocycles. The standard InChI is InChI=1S/C14H29N3O2.HI/c1-4-15-13(16-9-12(2)3)17-10-14(5-7-18)6-8-19-11-14;/h12,18H,4-11H2,1-3H3,(H2,15,16,17);1H. The van der Waals surface area contributed by atoms with Gasteiger partial charge in [0.25, 0.3) is 0 Å². The number of aliphatic hydroxyl groups is 1. The molecule has 0 bridgehead atoms. The van der Waals surface area contributed by atoms with Gasteiger partial charge in [0, 0.05) is 31.7 Å². The van der Waals surface area contributed by atoms with Crippen molar-refractivity contribution in [3.63, 3.8) is 0 Å². The average molecular weight is 399 g/mol. The van der Waals surface area contributed by atoms with Gasteiger partial charge in [0.1, 0.15) is 0 Å². The summed E-state index contributed by atoms with van der Waals surface area (Å²) in [7, 11) is 0. The summed E-state index contributed by atoms with van der Waals surface area (Å²) >= 11 is 0. The van der Waals surface area contributed by atoms with Gasteiger partial charge in [-0.05, 0) is 25.7 Å². The summed E-state index contributed by atoms with van der Waals surface area (Å²) in [4.78, 5) is 4.66. The van der Waals surface area contributed by atoms with Crippen molar-refractivity contribution in [1.29, 1.82) is 0 Å². The summed E-state index contributed by atoms with van der Waals surface area (Å²) < 4.78 is 5.48. The number of rotatable bonds is 7. The second-order valence-corrected chi connectivity index (χ2v) is 5.75. The smallest absolute Gasteiger partial charge is 0.191 e. The Hall–Kier alpha value is -0.0800. The molecule has 120 valence electrons. The molecule has 1 saturated heterocycles. The molecule has 1 aliphatic heterocycles. The van der Waals surface area contributed by atoms with Crippen LogP contribution in [0.4, 0.5) is 0 Å². The summed E-state index contributed by atoms with van der Waals surface area (Å²) in [6.07, 6.45) is 1.75. The lowest BCUT2D eigenvalue weighted by molar-refractivity contribution is 0.131. The molecule has 0 aliphatic carbocycles. The lowest BCUT2D eigenvalue weighted by atomic mass is 9.84. The molecule has 0 radical (unpaired) electrons. The highest BCUT2D eigenvalue weighted by molar-refractivity contribution is 14.0. The Balaban J connectivity index is 0.00000361. The number of guanidine groups is 1. The first kappa shape index (κ1) is 19.9. The predicted octanol–water partition coefficient (Wildman–Crippen LogP) is 1.60. The van der Waals surface area contributed by atoms with Crippen LogP contribution in [0, 0.1) is 11.3 Å². The Bertz CT molecular complexity index is 280. The van der Waals surface area contributed by atoms with Crippen LogP contribution in [0.5, 0.6) is 0 Å². The van der Waals surface area contributed by atoms with E-state index in [9.17, 15) is 5.11 Å². The molecule has 1 unspecified atom stereocenters. The zero-order chi connectivity index (χ0) is 14.1. The van der Waals surface area contributed by atoms with Gasteiger partial charge in [-0.2, -0.15) is 0 Å². The maximum atomic E-state index is 9.20. The Kier molecular flexibility index (Phi) is 10.6. The third-order valence-electron chi connectivity index (χ3n) is 3.42. The van der Waals surface area contributed by atoms with E-state index >= 15 is 0 Å². The van der Waals surface area contributed by atoms with Gasteiger partial charge in [0.15, 0.2) is 5.96 Å². The molecule has 5 nitrogen and oxygen atoms in total. The number of ether oxygens (including phenoxy) is 1. The molecule has 1 fully saturated rings. The van der Waals surface area contributed by atoms with E-state index in [0.717, 1.165) is 38.5 Å². The number of nitrogens with zero attached hydrogens (tertiary/aromatic N) is 1. The minimum absolute atomic E-state index is 0. The lowest BCUT2D eigenvalue weighted by Gasteiger charge is -2.25. The Morgan fingerprint density at radius 2 is 2.15 bits per heavy atom. The summed E-state index contributed by atoms with van der Waals surface area (Å²) in [5.74, 6) is 1.45. The minimum Gasteiger partial charge on any atom is -0.396 e. The lowest BCUT2D eigenvalue weighted by Crippen LogP contribution is -2.40. The summed E-state index contributed by atoms with van der Waals surface area (Å²) in [6, 6.07) is 0. The van der Waals surface area contributed by atoms with Gasteiger partial charge < -0.3 is 20.5 Å². The summed E-state index contributed by atoms with van der Waals surface area (Å²) in [6.45, 7) is 10.6. The molecule has 1 atom stereocenters. The van der Waals surface area contributed by atoms with E-state index in [0.29, 0.717) is 19.1 Å². The number of aliphatic hydroxyl groups excluding tert-OH is 1. The molecule has 0 spiro atoms. The fourth-order valence-corrected chi connectivity index (χ4v) is 2.18. The number of aliphatic imine (C=N–C) groups is 1. The first-order chi connectivity index (χ1) is 9.12. The van der Waals surface area contributed by atoms with Crippen LogP contribution in [0.2, 0.25) is 0 Å². The number of hydrogen-bond acceptors (Lipinski definition) is 3. The van der Waals surface area contributed by atoms with E-state index in [4.69, 9.17) is 4.74 Å². The van der Waals surface area contributed by atoms with E-state index in [-0.39, 0.29) is 36.0 Å². The Labute approximate surface area is 140 Å². The Morgan fingerprint density at radius 3 is 2.65 bits per heavy atom. The van der Waals surface area contributed by atoms with Crippen molar-refractivity contribution in [1.82, 2.24) is 10.6 Å². The molecule has 0 aromatic carbocycles. The van der Waals surface area contributed by atoms with E-state index in [1.807, 2.05) is 0 Å².